The number of phenolic OH excluding ortho intramolecular Hbond substituents is 1. The number of hydrogen-bond donors (Lipinski definition) is 2. The Morgan fingerprint density at radius 3 is 2.50 bits per heavy atom. The molecule has 0 amide bonds. The molecule has 3 N–H and O–H groups in total. The van der Waals surface area contributed by atoms with E-state index in [9.17, 15) is 9.90 Å². The maximum Gasteiger partial charge on any atom is 0.202 e. The fraction of sp³-hybridized carbons (Fsp3) is 0.167. The monoisotopic (exact) mass is 327 g/mol. The molecule has 0 saturated carbocycles. The fourth-order valence-corrected chi connectivity index (χ4v) is 2.61. The van der Waals surface area contributed by atoms with Gasteiger partial charge in [0, 0.05) is 12.0 Å². The van der Waals surface area contributed by atoms with Gasteiger partial charge in [0.15, 0.2) is 16.8 Å². The summed E-state index contributed by atoms with van der Waals surface area (Å²) in [7, 11) is 2.98. The van der Waals surface area contributed by atoms with Gasteiger partial charge >= 0.3 is 0 Å². The van der Waals surface area contributed by atoms with Gasteiger partial charge in [0.05, 0.1) is 31.6 Å². The van der Waals surface area contributed by atoms with Crippen LogP contribution in [0.4, 0.5) is 5.69 Å². The highest BCUT2D eigenvalue weighted by atomic mass is 16.5. The highest BCUT2D eigenvalue weighted by Gasteiger charge is 2.14. The van der Waals surface area contributed by atoms with E-state index in [0.717, 1.165) is 5.56 Å². The highest BCUT2D eigenvalue weighted by molar-refractivity contribution is 5.85. The van der Waals surface area contributed by atoms with Crippen LogP contribution < -0.4 is 20.6 Å². The Morgan fingerprint density at radius 2 is 1.83 bits per heavy atom. The second kappa shape index (κ2) is 6.16. The average Bonchev–Trinajstić information content (AvgIpc) is 2.58. The van der Waals surface area contributed by atoms with E-state index < -0.39 is 0 Å². The summed E-state index contributed by atoms with van der Waals surface area (Å²) in [4.78, 5) is 12.6. The summed E-state index contributed by atoms with van der Waals surface area (Å²) in [5.41, 5.74) is 7.63. The van der Waals surface area contributed by atoms with Crippen molar-refractivity contribution in [1.82, 2.24) is 0 Å². The van der Waals surface area contributed by atoms with Crippen molar-refractivity contribution in [3.63, 3.8) is 0 Å². The van der Waals surface area contributed by atoms with E-state index in [-0.39, 0.29) is 22.5 Å². The lowest BCUT2D eigenvalue weighted by molar-refractivity contribution is 0.371. The molecule has 1 aromatic heterocycles. The second-order valence-corrected chi connectivity index (χ2v) is 5.34. The van der Waals surface area contributed by atoms with E-state index in [1.165, 1.54) is 19.4 Å². The Balaban J connectivity index is 2.03. The summed E-state index contributed by atoms with van der Waals surface area (Å²) in [6.45, 7) is 0. The molecule has 3 aromatic rings. The molecule has 0 aliphatic heterocycles. The second-order valence-electron chi connectivity index (χ2n) is 5.34. The summed E-state index contributed by atoms with van der Waals surface area (Å²) in [5, 5.41) is 10.4. The van der Waals surface area contributed by atoms with Crippen molar-refractivity contribution in [1.29, 1.82) is 0 Å². The van der Waals surface area contributed by atoms with Crippen LogP contribution in [0, 0.1) is 0 Å². The first-order chi connectivity index (χ1) is 11.5. The Kier molecular flexibility index (Phi) is 4.04. The molecule has 0 atom stereocenters. The van der Waals surface area contributed by atoms with Gasteiger partial charge in [-0.25, -0.2) is 0 Å². The minimum absolute atomic E-state index is 0.109. The molecular weight excluding hydrogens is 310 g/mol. The topological polar surface area (TPSA) is 94.9 Å². The summed E-state index contributed by atoms with van der Waals surface area (Å²) in [6, 6.07) is 8.46. The van der Waals surface area contributed by atoms with Crippen LogP contribution >= 0.6 is 0 Å². The van der Waals surface area contributed by atoms with Crippen LogP contribution in [0.2, 0.25) is 0 Å². The van der Waals surface area contributed by atoms with Crippen molar-refractivity contribution in [3.05, 3.63) is 57.9 Å². The molecule has 0 bridgehead atoms. The van der Waals surface area contributed by atoms with Gasteiger partial charge < -0.3 is 24.7 Å². The van der Waals surface area contributed by atoms with Gasteiger partial charge in [-0.1, -0.05) is 6.07 Å². The molecule has 6 heteroatoms. The van der Waals surface area contributed by atoms with Crippen LogP contribution in [0.15, 0.2) is 45.8 Å². The largest absolute Gasteiger partial charge is 0.502 e. The number of methoxy groups -OCH3 is 2. The Hall–Kier alpha value is -3.15. The van der Waals surface area contributed by atoms with Gasteiger partial charge in [-0.15, -0.1) is 0 Å². The van der Waals surface area contributed by atoms with E-state index in [0.29, 0.717) is 28.8 Å². The van der Waals surface area contributed by atoms with Crippen LogP contribution in [0.3, 0.4) is 0 Å². The SMILES string of the molecule is COc1ccc(Cc2coc3c(O)c(OC)ccc3c2=O)cc1N. The first kappa shape index (κ1) is 15.7. The maximum absolute atomic E-state index is 12.6. The molecule has 0 spiro atoms. The number of phenols is 1. The van der Waals surface area contributed by atoms with E-state index in [4.69, 9.17) is 19.6 Å². The number of anilines is 1. The molecule has 24 heavy (non-hydrogen) atoms. The zero-order chi connectivity index (χ0) is 17.3. The molecule has 0 saturated heterocycles. The number of rotatable bonds is 4. The number of hydrogen-bond acceptors (Lipinski definition) is 6. The van der Waals surface area contributed by atoms with Crippen molar-refractivity contribution in [2.45, 2.75) is 6.42 Å². The van der Waals surface area contributed by atoms with Crippen molar-refractivity contribution in [2.24, 2.45) is 0 Å². The molecule has 2 aromatic carbocycles. The molecule has 6 nitrogen and oxygen atoms in total. The molecule has 0 radical (unpaired) electrons. The third-order valence-electron chi connectivity index (χ3n) is 3.86. The van der Waals surface area contributed by atoms with Crippen LogP contribution in [0.1, 0.15) is 11.1 Å². The smallest absolute Gasteiger partial charge is 0.202 e. The van der Waals surface area contributed by atoms with Gasteiger partial charge in [-0.05, 0) is 29.8 Å². The van der Waals surface area contributed by atoms with Gasteiger partial charge in [0.1, 0.15) is 5.75 Å². The molecular formula is C18H17NO5. The Bertz CT molecular complexity index is 962. The first-order valence-electron chi connectivity index (χ1n) is 7.28. The van der Waals surface area contributed by atoms with E-state index in [1.54, 1.807) is 25.3 Å². The lowest BCUT2D eigenvalue weighted by atomic mass is 10.0. The van der Waals surface area contributed by atoms with Crippen molar-refractivity contribution < 1.29 is 19.0 Å². The van der Waals surface area contributed by atoms with E-state index in [1.807, 2.05) is 6.07 Å². The summed E-state index contributed by atoms with van der Waals surface area (Å²) in [5.74, 6) is 0.648. The lowest BCUT2D eigenvalue weighted by Gasteiger charge is -2.08. The van der Waals surface area contributed by atoms with Crippen LogP contribution in [0.25, 0.3) is 11.0 Å². The summed E-state index contributed by atoms with van der Waals surface area (Å²) in [6.07, 6.45) is 1.71. The van der Waals surface area contributed by atoms with Crippen LogP contribution in [-0.4, -0.2) is 19.3 Å². The number of benzene rings is 2. The van der Waals surface area contributed by atoms with Gasteiger partial charge in [-0.2, -0.15) is 0 Å². The molecule has 0 aliphatic rings. The standard InChI is InChI=1S/C18H17NO5/c1-22-14-5-3-10(8-13(14)19)7-11-9-24-18-12(16(11)20)4-6-15(23-2)17(18)21/h3-6,8-9,21H,7,19H2,1-2H3. The zero-order valence-corrected chi connectivity index (χ0v) is 13.3. The molecule has 3 rings (SSSR count). The van der Waals surface area contributed by atoms with E-state index in [2.05, 4.69) is 0 Å². The summed E-state index contributed by atoms with van der Waals surface area (Å²) < 4.78 is 15.6. The minimum atomic E-state index is -0.205. The predicted molar refractivity (Wildman–Crippen MR) is 90.9 cm³/mol. The van der Waals surface area contributed by atoms with Crippen molar-refractivity contribution in [2.75, 3.05) is 20.0 Å². The van der Waals surface area contributed by atoms with Crippen molar-refractivity contribution in [3.8, 4) is 17.2 Å². The molecule has 0 fully saturated rings. The number of fused-ring (bicyclic) bond motifs is 1. The van der Waals surface area contributed by atoms with E-state index >= 15 is 0 Å². The molecule has 124 valence electrons. The van der Waals surface area contributed by atoms with Gasteiger partial charge in [-0.3, -0.25) is 4.79 Å². The predicted octanol–water partition coefficient (Wildman–Crippen LogP) is 2.69. The molecule has 1 heterocycles. The quantitative estimate of drug-likeness (QED) is 0.715. The number of nitrogens with two attached hydrogens (primary N) is 1. The van der Waals surface area contributed by atoms with Crippen LogP contribution in [-0.2, 0) is 6.42 Å². The number of aromatic hydroxyl groups is 1. The Labute approximate surface area is 138 Å². The number of nitrogen functional groups attached to an aromatic ring is 1. The molecule has 0 unspecified atom stereocenters. The third-order valence-corrected chi connectivity index (χ3v) is 3.86. The summed E-state index contributed by atoms with van der Waals surface area (Å²) >= 11 is 0. The van der Waals surface area contributed by atoms with Crippen molar-refractivity contribution >= 4 is 16.7 Å². The highest BCUT2D eigenvalue weighted by Crippen LogP contribution is 2.33. The van der Waals surface area contributed by atoms with Gasteiger partial charge in [0.2, 0.25) is 5.75 Å². The maximum atomic E-state index is 12.6. The lowest BCUT2D eigenvalue weighted by Crippen LogP contribution is -2.09. The van der Waals surface area contributed by atoms with Gasteiger partial charge in [0.25, 0.3) is 0 Å². The third kappa shape index (κ3) is 2.62. The fourth-order valence-electron chi connectivity index (χ4n) is 2.61. The average molecular weight is 327 g/mol. The van der Waals surface area contributed by atoms with Crippen LogP contribution in [0.5, 0.6) is 17.2 Å². The number of ether oxygens (including phenoxy) is 2. The Morgan fingerprint density at radius 1 is 1.12 bits per heavy atom. The zero-order valence-electron chi connectivity index (χ0n) is 13.3. The minimum Gasteiger partial charge on any atom is -0.502 e. The first-order valence-corrected chi connectivity index (χ1v) is 7.28. The molecule has 0 aliphatic carbocycles. The normalized spacial score (nSPS) is 10.8.